The number of nitrogens with one attached hydrogen (secondary N) is 5. The Bertz CT molecular complexity index is 1390. The molecule has 3 amide bonds. The van der Waals surface area contributed by atoms with Crippen LogP contribution in [0.4, 0.5) is 10.5 Å². The fourth-order valence-electron chi connectivity index (χ4n) is 4.96. The summed E-state index contributed by atoms with van der Waals surface area (Å²) in [5, 5.41) is 19.1. The summed E-state index contributed by atoms with van der Waals surface area (Å²) in [6.07, 6.45) is -0.446. The Morgan fingerprint density at radius 3 is 2.82 bits per heavy atom. The molecule has 4 heterocycles. The summed E-state index contributed by atoms with van der Waals surface area (Å²) < 4.78 is 10.9. The highest BCUT2D eigenvalue weighted by Crippen LogP contribution is 2.44. The van der Waals surface area contributed by atoms with E-state index in [2.05, 4.69) is 36.4 Å². The van der Waals surface area contributed by atoms with E-state index in [1.807, 2.05) is 12.1 Å². The van der Waals surface area contributed by atoms with Crippen LogP contribution in [0.2, 0.25) is 0 Å². The maximum Gasteiger partial charge on any atom is 0.321 e. The molecule has 0 radical (unpaired) electrons. The fraction of sp³-hybridized carbons (Fsp3) is 0.385. The lowest BCUT2D eigenvalue weighted by atomic mass is 10.1. The number of anilines is 1. The van der Waals surface area contributed by atoms with Gasteiger partial charge in [-0.3, -0.25) is 19.6 Å². The van der Waals surface area contributed by atoms with Crippen molar-refractivity contribution in [3.8, 4) is 21.8 Å². The Kier molecular flexibility index (Phi) is 7.39. The second-order valence-corrected chi connectivity index (χ2v) is 10.5. The topological polar surface area (TPSA) is 150 Å². The van der Waals surface area contributed by atoms with Gasteiger partial charge in [-0.2, -0.15) is 5.10 Å². The van der Waals surface area contributed by atoms with Crippen molar-refractivity contribution in [1.82, 2.24) is 31.0 Å². The lowest BCUT2D eigenvalue weighted by molar-refractivity contribution is 0.0156. The van der Waals surface area contributed by atoms with Gasteiger partial charge in [0.25, 0.3) is 5.91 Å². The number of carbonyl (C=O) groups is 3. The predicted octanol–water partition coefficient (Wildman–Crippen LogP) is 1.48. The normalized spacial score (nSPS) is 18.9. The molecule has 1 unspecified atom stereocenters. The van der Waals surface area contributed by atoms with E-state index >= 15 is 0 Å². The van der Waals surface area contributed by atoms with Crippen molar-refractivity contribution in [2.45, 2.75) is 6.23 Å². The molecule has 6 rings (SSSR count). The quantitative estimate of drug-likeness (QED) is 0.232. The molecule has 0 bridgehead atoms. The first-order valence-corrected chi connectivity index (χ1v) is 13.7. The number of aromatic nitrogens is 2. The number of ketones is 1. The van der Waals surface area contributed by atoms with Crippen LogP contribution in [0, 0.1) is 0 Å². The Hall–Kier alpha value is -3.62. The molecule has 12 nitrogen and oxygen atoms in total. The number of morpholine rings is 2. The first-order valence-electron chi connectivity index (χ1n) is 12.9. The first-order chi connectivity index (χ1) is 19.1. The van der Waals surface area contributed by atoms with Crippen molar-refractivity contribution < 1.29 is 23.9 Å². The number of rotatable bonds is 7. The number of ether oxygens (including phenoxy) is 2. The molecule has 2 fully saturated rings. The summed E-state index contributed by atoms with van der Waals surface area (Å²) in [4.78, 5) is 42.5. The van der Waals surface area contributed by atoms with Gasteiger partial charge in [0, 0.05) is 44.8 Å². The highest BCUT2D eigenvalue weighted by atomic mass is 32.1. The van der Waals surface area contributed by atoms with Gasteiger partial charge in [0.1, 0.15) is 11.9 Å². The summed E-state index contributed by atoms with van der Waals surface area (Å²) in [6, 6.07) is 8.38. The van der Waals surface area contributed by atoms with Crippen LogP contribution in [0.15, 0.2) is 30.3 Å². The van der Waals surface area contributed by atoms with Crippen molar-refractivity contribution in [1.29, 1.82) is 0 Å². The van der Waals surface area contributed by atoms with E-state index in [0.29, 0.717) is 58.3 Å². The molecule has 5 N–H and O–H groups in total. The van der Waals surface area contributed by atoms with Gasteiger partial charge >= 0.3 is 6.03 Å². The minimum atomic E-state index is -0.459. The maximum absolute atomic E-state index is 13.6. The average Bonchev–Trinajstić information content (AvgIpc) is 3.67. The average molecular weight is 552 g/mol. The Balaban J connectivity index is 1.14. The van der Waals surface area contributed by atoms with Crippen molar-refractivity contribution >= 4 is 34.7 Å². The molecule has 1 atom stereocenters. The molecule has 3 aliphatic rings. The monoisotopic (exact) mass is 551 g/mol. The highest BCUT2D eigenvalue weighted by molar-refractivity contribution is 7.17. The van der Waals surface area contributed by atoms with E-state index in [4.69, 9.17) is 9.47 Å². The summed E-state index contributed by atoms with van der Waals surface area (Å²) in [5.74, 6) is -0.389. The van der Waals surface area contributed by atoms with Crippen LogP contribution in [-0.4, -0.2) is 98.1 Å². The van der Waals surface area contributed by atoms with Crippen molar-refractivity contribution in [3.63, 3.8) is 0 Å². The van der Waals surface area contributed by atoms with Gasteiger partial charge < -0.3 is 30.7 Å². The van der Waals surface area contributed by atoms with Crippen LogP contribution in [0.25, 0.3) is 21.8 Å². The van der Waals surface area contributed by atoms with Gasteiger partial charge in [-0.15, -0.1) is 11.3 Å². The van der Waals surface area contributed by atoms with Gasteiger partial charge in [0.2, 0.25) is 0 Å². The third kappa shape index (κ3) is 5.31. The zero-order valence-corrected chi connectivity index (χ0v) is 22.0. The number of urea groups is 1. The van der Waals surface area contributed by atoms with Gasteiger partial charge in [-0.05, 0) is 18.2 Å². The van der Waals surface area contributed by atoms with Crippen LogP contribution in [0.3, 0.4) is 0 Å². The number of fused-ring (bicyclic) bond motifs is 3. The molecule has 1 aromatic carbocycles. The number of carbonyl (C=O) groups excluding carboxylic acids is 3. The van der Waals surface area contributed by atoms with Crippen molar-refractivity contribution in [2.75, 3.05) is 64.4 Å². The number of benzene rings is 1. The molecule has 2 saturated heterocycles. The first kappa shape index (κ1) is 25.6. The van der Waals surface area contributed by atoms with E-state index < -0.39 is 12.3 Å². The molecule has 1 aliphatic carbocycles. The van der Waals surface area contributed by atoms with Crippen LogP contribution in [-0.2, 0) is 9.47 Å². The molecular weight excluding hydrogens is 522 g/mol. The number of amides is 3. The zero-order valence-electron chi connectivity index (χ0n) is 21.2. The Morgan fingerprint density at radius 2 is 2.00 bits per heavy atom. The van der Waals surface area contributed by atoms with Gasteiger partial charge in [0.15, 0.2) is 5.78 Å². The van der Waals surface area contributed by atoms with Crippen molar-refractivity contribution in [3.05, 3.63) is 46.3 Å². The summed E-state index contributed by atoms with van der Waals surface area (Å²) in [7, 11) is 0. The van der Waals surface area contributed by atoms with Crippen LogP contribution in [0.5, 0.6) is 0 Å². The molecular formula is C26H29N7O5S. The van der Waals surface area contributed by atoms with Crippen LogP contribution in [0.1, 0.15) is 25.6 Å². The minimum Gasteiger partial charge on any atom is -0.379 e. The molecule has 2 aromatic heterocycles. The lowest BCUT2D eigenvalue weighted by Crippen LogP contribution is -2.50. The maximum atomic E-state index is 13.6. The minimum absolute atomic E-state index is 0.153. The Morgan fingerprint density at radius 1 is 1.13 bits per heavy atom. The predicted molar refractivity (Wildman–Crippen MR) is 145 cm³/mol. The van der Waals surface area contributed by atoms with E-state index in [-0.39, 0.29) is 11.7 Å². The van der Waals surface area contributed by atoms with Crippen LogP contribution >= 0.6 is 11.3 Å². The van der Waals surface area contributed by atoms with Gasteiger partial charge in [-0.1, -0.05) is 12.1 Å². The molecule has 3 aromatic rings. The molecule has 39 heavy (non-hydrogen) atoms. The molecule has 0 saturated carbocycles. The fourth-order valence-corrected chi connectivity index (χ4v) is 5.88. The van der Waals surface area contributed by atoms with Crippen LogP contribution < -0.4 is 21.3 Å². The van der Waals surface area contributed by atoms with E-state index in [1.54, 1.807) is 18.2 Å². The van der Waals surface area contributed by atoms with Gasteiger partial charge in [-0.25, -0.2) is 4.79 Å². The van der Waals surface area contributed by atoms with E-state index in [9.17, 15) is 14.4 Å². The zero-order chi connectivity index (χ0) is 26.8. The number of hydrogen-bond acceptors (Lipinski definition) is 9. The third-order valence-electron chi connectivity index (χ3n) is 6.90. The highest BCUT2D eigenvalue weighted by Gasteiger charge is 2.35. The number of H-pyrrole nitrogens is 1. The summed E-state index contributed by atoms with van der Waals surface area (Å²) >= 11 is 1.30. The molecule has 204 valence electrons. The second-order valence-electron chi connectivity index (χ2n) is 9.42. The van der Waals surface area contributed by atoms with E-state index in [1.165, 1.54) is 11.3 Å². The van der Waals surface area contributed by atoms with E-state index in [0.717, 1.165) is 44.3 Å². The molecule has 2 aliphatic heterocycles. The number of hydrogen-bond donors (Lipinski definition) is 5. The van der Waals surface area contributed by atoms with Gasteiger partial charge in [0.05, 0.1) is 52.1 Å². The molecule has 0 spiro atoms. The lowest BCUT2D eigenvalue weighted by Gasteiger charge is -2.26. The number of nitrogens with zero attached hydrogens (tertiary/aromatic N) is 2. The number of aromatic amines is 1. The third-order valence-corrected chi connectivity index (χ3v) is 8.00. The SMILES string of the molecule is O=C(Nc1cccc2c1C(=O)c1c-2n[nH]c1-c1ccc(C(=O)NCCN2CCOCC2)s1)NC1CNCCO1. The molecule has 13 heteroatoms. The summed E-state index contributed by atoms with van der Waals surface area (Å²) in [6.45, 7) is 6.25. The largest absolute Gasteiger partial charge is 0.379 e. The second kappa shape index (κ2) is 11.2. The number of thiophene rings is 1. The summed E-state index contributed by atoms with van der Waals surface area (Å²) in [5.41, 5.74) is 2.94. The standard InChI is InChI=1S/C26H29N7O5S/c34-24-20-15(2-1-3-16(20)29-26(36)30-19-14-27-7-11-38-19)22-21(24)23(32-31-22)17-4-5-18(39-17)25(35)28-6-8-33-9-12-37-13-10-33/h1-5,19,27H,6-14H2,(H,28,35)(H,31,32)(H2,29,30,36). The smallest absolute Gasteiger partial charge is 0.321 e. The van der Waals surface area contributed by atoms with Crippen molar-refractivity contribution in [2.24, 2.45) is 0 Å². The Labute approximate surface area is 228 Å².